The second-order valence-electron chi connectivity index (χ2n) is 7.50. The van der Waals surface area contributed by atoms with E-state index in [2.05, 4.69) is 10.1 Å². The van der Waals surface area contributed by atoms with Crippen LogP contribution < -0.4 is 15.0 Å². The van der Waals surface area contributed by atoms with Crippen molar-refractivity contribution in [2.75, 3.05) is 11.4 Å². The van der Waals surface area contributed by atoms with Gasteiger partial charge in [-0.25, -0.2) is 0 Å². The zero-order valence-electron chi connectivity index (χ0n) is 14.2. The summed E-state index contributed by atoms with van der Waals surface area (Å²) in [7, 11) is 0. The molecule has 25 heavy (non-hydrogen) atoms. The van der Waals surface area contributed by atoms with Crippen molar-refractivity contribution in [2.45, 2.75) is 63.6 Å². The van der Waals surface area contributed by atoms with Crippen LogP contribution in [0, 0.1) is 5.92 Å². The van der Waals surface area contributed by atoms with E-state index in [1.807, 2.05) is 4.90 Å². The molecule has 1 N–H and O–H groups in total. The summed E-state index contributed by atoms with van der Waals surface area (Å²) in [4.78, 5) is 14.7. The molecule has 6 heteroatoms. The van der Waals surface area contributed by atoms with E-state index in [-0.39, 0.29) is 11.7 Å². The molecule has 3 aliphatic heterocycles. The van der Waals surface area contributed by atoms with E-state index in [0.29, 0.717) is 31.0 Å². The van der Waals surface area contributed by atoms with Crippen molar-refractivity contribution < 1.29 is 18.3 Å². The standard InChI is InChI=1S/C19H24F2N2O2/c20-19(21)25-16-5-6-17-13(11-16)2-1-7-23(17)18(24)10-12-8-14-3-4-15(9-12)22-14/h5-6,11-12,14-15,19,22H,1-4,7-10H2. The average Bonchev–Trinajstić information content (AvgIpc) is 2.92. The average molecular weight is 350 g/mol. The maximum absolute atomic E-state index is 12.9. The van der Waals surface area contributed by atoms with Crippen LogP contribution in [0.1, 0.15) is 44.1 Å². The molecule has 3 heterocycles. The molecule has 1 aromatic carbocycles. The minimum Gasteiger partial charge on any atom is -0.435 e. The van der Waals surface area contributed by atoms with E-state index in [1.54, 1.807) is 12.1 Å². The minimum atomic E-state index is -2.82. The number of amides is 1. The maximum atomic E-state index is 12.9. The molecule has 1 aromatic rings. The second kappa shape index (κ2) is 6.90. The quantitative estimate of drug-likeness (QED) is 0.904. The number of fused-ring (bicyclic) bond motifs is 3. The van der Waals surface area contributed by atoms with E-state index >= 15 is 0 Å². The Hall–Kier alpha value is -1.69. The number of anilines is 1. The van der Waals surface area contributed by atoms with Gasteiger partial charge in [-0.05, 0) is 68.2 Å². The lowest BCUT2D eigenvalue weighted by atomic mass is 9.89. The van der Waals surface area contributed by atoms with E-state index in [1.165, 1.54) is 18.9 Å². The molecule has 136 valence electrons. The van der Waals surface area contributed by atoms with Gasteiger partial charge in [0.2, 0.25) is 5.91 Å². The fraction of sp³-hybridized carbons (Fsp3) is 0.632. The first kappa shape index (κ1) is 16.8. The zero-order valence-corrected chi connectivity index (χ0v) is 14.2. The summed E-state index contributed by atoms with van der Waals surface area (Å²) in [5.74, 6) is 0.783. The molecule has 2 saturated heterocycles. The van der Waals surface area contributed by atoms with Gasteiger partial charge in [0.1, 0.15) is 5.75 Å². The van der Waals surface area contributed by atoms with Crippen LogP contribution in [0.5, 0.6) is 5.75 Å². The normalized spacial score (nSPS) is 28.1. The highest BCUT2D eigenvalue weighted by Gasteiger charge is 2.35. The smallest absolute Gasteiger partial charge is 0.387 e. The van der Waals surface area contributed by atoms with Crippen LogP contribution in [0.25, 0.3) is 0 Å². The fourth-order valence-corrected chi connectivity index (χ4v) is 4.71. The van der Waals surface area contributed by atoms with Crippen LogP contribution in [0.2, 0.25) is 0 Å². The molecular weight excluding hydrogens is 326 g/mol. The fourth-order valence-electron chi connectivity index (χ4n) is 4.71. The molecule has 2 fully saturated rings. The first-order valence-corrected chi connectivity index (χ1v) is 9.22. The molecule has 0 radical (unpaired) electrons. The van der Waals surface area contributed by atoms with Crippen LogP contribution >= 0.6 is 0 Å². The van der Waals surface area contributed by atoms with Crippen molar-refractivity contribution in [3.8, 4) is 5.75 Å². The molecule has 0 spiro atoms. The Balaban J connectivity index is 1.45. The first-order valence-electron chi connectivity index (χ1n) is 9.22. The molecule has 0 aliphatic carbocycles. The molecule has 4 rings (SSSR count). The zero-order chi connectivity index (χ0) is 17.4. The van der Waals surface area contributed by atoms with Crippen LogP contribution in [0.3, 0.4) is 0 Å². The van der Waals surface area contributed by atoms with Gasteiger partial charge in [-0.2, -0.15) is 8.78 Å². The van der Waals surface area contributed by atoms with Gasteiger partial charge in [0.05, 0.1) is 0 Å². The van der Waals surface area contributed by atoms with Crippen LogP contribution in [0.15, 0.2) is 18.2 Å². The number of aryl methyl sites for hydroxylation is 1. The second-order valence-corrected chi connectivity index (χ2v) is 7.50. The number of benzene rings is 1. The number of piperidine rings is 1. The van der Waals surface area contributed by atoms with Crippen molar-refractivity contribution >= 4 is 11.6 Å². The highest BCUT2D eigenvalue weighted by atomic mass is 19.3. The molecule has 2 unspecified atom stereocenters. The minimum absolute atomic E-state index is 0.162. The van der Waals surface area contributed by atoms with Gasteiger partial charge >= 0.3 is 6.61 Å². The van der Waals surface area contributed by atoms with Gasteiger partial charge in [-0.1, -0.05) is 0 Å². The predicted molar refractivity (Wildman–Crippen MR) is 91.0 cm³/mol. The highest BCUT2D eigenvalue weighted by molar-refractivity contribution is 5.94. The van der Waals surface area contributed by atoms with Gasteiger partial charge in [-0.3, -0.25) is 4.79 Å². The monoisotopic (exact) mass is 350 g/mol. The summed E-state index contributed by atoms with van der Waals surface area (Å²) in [6, 6.07) is 6.09. The van der Waals surface area contributed by atoms with E-state index in [4.69, 9.17) is 0 Å². The summed E-state index contributed by atoms with van der Waals surface area (Å²) in [5.41, 5.74) is 1.78. The number of hydrogen-bond donors (Lipinski definition) is 1. The van der Waals surface area contributed by atoms with E-state index in [9.17, 15) is 13.6 Å². The molecule has 4 nitrogen and oxygen atoms in total. The summed E-state index contributed by atoms with van der Waals surface area (Å²) in [5, 5.41) is 3.61. The number of nitrogens with one attached hydrogen (secondary N) is 1. The molecule has 0 saturated carbocycles. The molecular formula is C19H24F2N2O2. The van der Waals surface area contributed by atoms with Crippen LogP contribution in [0.4, 0.5) is 14.5 Å². The number of carbonyl (C=O) groups is 1. The highest BCUT2D eigenvalue weighted by Crippen LogP contribution is 2.35. The Morgan fingerprint density at radius 1 is 1.28 bits per heavy atom. The van der Waals surface area contributed by atoms with Crippen molar-refractivity contribution in [3.05, 3.63) is 23.8 Å². The van der Waals surface area contributed by atoms with Crippen molar-refractivity contribution in [1.29, 1.82) is 0 Å². The largest absolute Gasteiger partial charge is 0.435 e. The molecule has 0 aromatic heterocycles. The van der Waals surface area contributed by atoms with E-state index in [0.717, 1.165) is 36.9 Å². The summed E-state index contributed by atoms with van der Waals surface area (Å²) < 4.78 is 29.3. The molecule has 1 amide bonds. The number of halogens is 2. The molecule has 2 bridgehead atoms. The van der Waals surface area contributed by atoms with Gasteiger partial charge in [0, 0.05) is 30.7 Å². The number of rotatable bonds is 4. The maximum Gasteiger partial charge on any atom is 0.387 e. The predicted octanol–water partition coefficient (Wildman–Crippen LogP) is 3.49. The topological polar surface area (TPSA) is 41.6 Å². The Labute approximate surface area is 146 Å². The lowest BCUT2D eigenvalue weighted by Gasteiger charge is -2.33. The Bertz CT molecular complexity index is 640. The van der Waals surface area contributed by atoms with Crippen LogP contribution in [-0.2, 0) is 11.2 Å². The van der Waals surface area contributed by atoms with E-state index < -0.39 is 6.61 Å². The van der Waals surface area contributed by atoms with Crippen molar-refractivity contribution in [3.63, 3.8) is 0 Å². The number of alkyl halides is 2. The first-order chi connectivity index (χ1) is 12.1. The number of ether oxygens (including phenoxy) is 1. The summed E-state index contributed by atoms with van der Waals surface area (Å²) in [6.45, 7) is -2.12. The third-order valence-corrected chi connectivity index (χ3v) is 5.73. The Kier molecular flexibility index (Phi) is 4.63. The van der Waals surface area contributed by atoms with Crippen molar-refractivity contribution in [1.82, 2.24) is 5.32 Å². The summed E-state index contributed by atoms with van der Waals surface area (Å²) in [6.07, 6.45) is 6.87. The van der Waals surface area contributed by atoms with Crippen LogP contribution in [-0.4, -0.2) is 31.1 Å². The number of hydrogen-bond acceptors (Lipinski definition) is 3. The van der Waals surface area contributed by atoms with Gasteiger partial charge in [-0.15, -0.1) is 0 Å². The third kappa shape index (κ3) is 3.64. The molecule has 2 atom stereocenters. The number of nitrogens with zero attached hydrogens (tertiary/aromatic N) is 1. The summed E-state index contributed by atoms with van der Waals surface area (Å²) >= 11 is 0. The van der Waals surface area contributed by atoms with Gasteiger partial charge in [0.15, 0.2) is 0 Å². The SMILES string of the molecule is O=C(CC1CC2CCC(C1)N2)N1CCCc2cc(OC(F)F)ccc21. The van der Waals surface area contributed by atoms with Gasteiger partial charge in [0.25, 0.3) is 0 Å². The molecule has 3 aliphatic rings. The Morgan fingerprint density at radius 2 is 2.04 bits per heavy atom. The Morgan fingerprint density at radius 3 is 2.76 bits per heavy atom. The lowest BCUT2D eigenvalue weighted by molar-refractivity contribution is -0.119. The third-order valence-electron chi connectivity index (χ3n) is 5.73. The lowest BCUT2D eigenvalue weighted by Crippen LogP contribution is -2.41. The van der Waals surface area contributed by atoms with Gasteiger partial charge < -0.3 is 15.0 Å². The number of carbonyl (C=O) groups excluding carboxylic acids is 1. The van der Waals surface area contributed by atoms with Crippen molar-refractivity contribution in [2.24, 2.45) is 5.92 Å².